The van der Waals surface area contributed by atoms with E-state index in [9.17, 15) is 9.18 Å². The van der Waals surface area contributed by atoms with Gasteiger partial charge in [-0.1, -0.05) is 12.1 Å². The molecule has 2 amide bonds. The maximum absolute atomic E-state index is 12.8. The summed E-state index contributed by atoms with van der Waals surface area (Å²) in [5.41, 5.74) is 0. The smallest absolute Gasteiger partial charge is 0.318 e. The molecule has 0 aliphatic rings. The molecule has 128 valence electrons. The molecular formula is C18H21FN2O2S. The number of hydrogen-bond donors (Lipinski definition) is 1. The first-order chi connectivity index (χ1) is 11.6. The van der Waals surface area contributed by atoms with Crippen molar-refractivity contribution in [1.82, 2.24) is 10.2 Å². The minimum absolute atomic E-state index is 0.168. The van der Waals surface area contributed by atoms with Gasteiger partial charge in [-0.25, -0.2) is 9.18 Å². The molecule has 1 atom stereocenters. The summed E-state index contributed by atoms with van der Waals surface area (Å²) in [7, 11) is 0. The van der Waals surface area contributed by atoms with E-state index in [0.717, 1.165) is 4.88 Å². The molecule has 1 unspecified atom stereocenters. The highest BCUT2D eigenvalue weighted by molar-refractivity contribution is 7.09. The second kappa shape index (κ2) is 9.08. The monoisotopic (exact) mass is 348 g/mol. The SMILES string of the molecule is C=CCN(Cc1cccs1)C(=O)NC(C)COc1ccc(F)cc1. The molecule has 0 fully saturated rings. The van der Waals surface area contributed by atoms with Crippen LogP contribution in [0.1, 0.15) is 11.8 Å². The van der Waals surface area contributed by atoms with Gasteiger partial charge in [-0.05, 0) is 42.6 Å². The third kappa shape index (κ3) is 5.70. The Kier molecular flexibility index (Phi) is 6.81. The number of hydrogen-bond acceptors (Lipinski definition) is 3. The fourth-order valence-electron chi connectivity index (χ4n) is 2.06. The molecule has 24 heavy (non-hydrogen) atoms. The average Bonchev–Trinajstić information content (AvgIpc) is 3.07. The Morgan fingerprint density at radius 3 is 2.79 bits per heavy atom. The van der Waals surface area contributed by atoms with Gasteiger partial charge in [-0.3, -0.25) is 0 Å². The predicted octanol–water partition coefficient (Wildman–Crippen LogP) is 4.05. The quantitative estimate of drug-likeness (QED) is 0.731. The predicted molar refractivity (Wildman–Crippen MR) is 94.8 cm³/mol. The molecule has 1 N–H and O–H groups in total. The number of rotatable bonds is 8. The number of benzene rings is 1. The van der Waals surface area contributed by atoms with E-state index in [4.69, 9.17) is 4.74 Å². The van der Waals surface area contributed by atoms with Gasteiger partial charge in [-0.15, -0.1) is 17.9 Å². The number of urea groups is 1. The molecule has 0 aliphatic heterocycles. The summed E-state index contributed by atoms with van der Waals surface area (Å²) < 4.78 is 18.4. The molecule has 1 aromatic carbocycles. The highest BCUT2D eigenvalue weighted by Crippen LogP contribution is 2.13. The van der Waals surface area contributed by atoms with Gasteiger partial charge >= 0.3 is 6.03 Å². The molecule has 2 rings (SSSR count). The van der Waals surface area contributed by atoms with Crippen molar-refractivity contribution < 1.29 is 13.9 Å². The van der Waals surface area contributed by atoms with Gasteiger partial charge in [0, 0.05) is 11.4 Å². The van der Waals surface area contributed by atoms with Crippen LogP contribution in [-0.4, -0.2) is 30.1 Å². The van der Waals surface area contributed by atoms with Gasteiger partial charge < -0.3 is 15.0 Å². The number of nitrogens with one attached hydrogen (secondary N) is 1. The summed E-state index contributed by atoms with van der Waals surface area (Å²) in [6.45, 7) is 6.87. The molecule has 0 bridgehead atoms. The minimum atomic E-state index is -0.308. The van der Waals surface area contributed by atoms with Crippen LogP contribution in [0.25, 0.3) is 0 Å². The van der Waals surface area contributed by atoms with Gasteiger partial charge in [0.1, 0.15) is 18.2 Å². The Morgan fingerprint density at radius 2 is 2.17 bits per heavy atom. The van der Waals surface area contributed by atoms with Crippen molar-refractivity contribution in [2.24, 2.45) is 0 Å². The maximum atomic E-state index is 12.8. The lowest BCUT2D eigenvalue weighted by atomic mass is 10.3. The number of amides is 2. The van der Waals surface area contributed by atoms with Crippen LogP contribution >= 0.6 is 11.3 Å². The van der Waals surface area contributed by atoms with Gasteiger partial charge in [-0.2, -0.15) is 0 Å². The van der Waals surface area contributed by atoms with E-state index < -0.39 is 0 Å². The molecule has 4 nitrogen and oxygen atoms in total. The number of nitrogens with zero attached hydrogens (tertiary/aromatic N) is 1. The number of ether oxygens (including phenoxy) is 1. The van der Waals surface area contributed by atoms with Gasteiger partial charge in [0.15, 0.2) is 0 Å². The van der Waals surface area contributed by atoms with Crippen LogP contribution in [0.2, 0.25) is 0 Å². The molecule has 1 aromatic heterocycles. The maximum Gasteiger partial charge on any atom is 0.318 e. The fourth-order valence-corrected chi connectivity index (χ4v) is 2.78. The van der Waals surface area contributed by atoms with E-state index >= 15 is 0 Å². The van der Waals surface area contributed by atoms with E-state index in [1.54, 1.807) is 34.4 Å². The average molecular weight is 348 g/mol. The van der Waals surface area contributed by atoms with Crippen molar-refractivity contribution >= 4 is 17.4 Å². The molecule has 6 heteroatoms. The second-order valence-electron chi connectivity index (χ2n) is 5.36. The zero-order chi connectivity index (χ0) is 17.4. The van der Waals surface area contributed by atoms with E-state index in [2.05, 4.69) is 11.9 Å². The van der Waals surface area contributed by atoms with Crippen molar-refractivity contribution in [1.29, 1.82) is 0 Å². The Labute approximate surface area is 145 Å². The summed E-state index contributed by atoms with van der Waals surface area (Å²) in [6, 6.07) is 9.40. The van der Waals surface area contributed by atoms with Crippen LogP contribution in [0.15, 0.2) is 54.4 Å². The van der Waals surface area contributed by atoms with Gasteiger partial charge in [0.25, 0.3) is 0 Å². The summed E-state index contributed by atoms with van der Waals surface area (Å²) in [6.07, 6.45) is 1.70. The molecule has 1 heterocycles. The molecule has 0 radical (unpaired) electrons. The molecule has 0 saturated heterocycles. The van der Waals surface area contributed by atoms with Crippen LogP contribution in [-0.2, 0) is 6.54 Å². The van der Waals surface area contributed by atoms with Crippen LogP contribution in [0.5, 0.6) is 5.75 Å². The van der Waals surface area contributed by atoms with Gasteiger partial charge in [0.05, 0.1) is 12.6 Å². The first-order valence-corrected chi connectivity index (χ1v) is 8.53. The van der Waals surface area contributed by atoms with Crippen molar-refractivity contribution in [2.75, 3.05) is 13.2 Å². The Balaban J connectivity index is 1.83. The van der Waals surface area contributed by atoms with Crippen molar-refractivity contribution in [3.05, 3.63) is 65.1 Å². The Bertz CT molecular complexity index is 644. The first kappa shape index (κ1) is 18.0. The Morgan fingerprint density at radius 1 is 1.42 bits per heavy atom. The lowest BCUT2D eigenvalue weighted by Crippen LogP contribution is -2.45. The van der Waals surface area contributed by atoms with E-state index in [-0.39, 0.29) is 17.9 Å². The van der Waals surface area contributed by atoms with Crippen LogP contribution in [0.3, 0.4) is 0 Å². The number of carbonyl (C=O) groups is 1. The van der Waals surface area contributed by atoms with E-state index in [1.807, 2.05) is 24.4 Å². The molecule has 0 saturated carbocycles. The van der Waals surface area contributed by atoms with E-state index in [1.165, 1.54) is 12.1 Å². The molecule has 0 spiro atoms. The highest BCUT2D eigenvalue weighted by Gasteiger charge is 2.16. The number of halogens is 1. The summed E-state index contributed by atoms with van der Waals surface area (Å²) >= 11 is 1.61. The normalized spacial score (nSPS) is 11.6. The number of carbonyl (C=O) groups excluding carboxylic acids is 1. The zero-order valence-corrected chi connectivity index (χ0v) is 14.4. The summed E-state index contributed by atoms with van der Waals surface area (Å²) in [5, 5.41) is 4.89. The first-order valence-electron chi connectivity index (χ1n) is 7.65. The topological polar surface area (TPSA) is 41.6 Å². The third-order valence-electron chi connectivity index (χ3n) is 3.25. The van der Waals surface area contributed by atoms with E-state index in [0.29, 0.717) is 25.4 Å². The summed E-state index contributed by atoms with van der Waals surface area (Å²) in [5.74, 6) is 0.261. The van der Waals surface area contributed by atoms with Crippen molar-refractivity contribution in [3.8, 4) is 5.75 Å². The highest BCUT2D eigenvalue weighted by atomic mass is 32.1. The molecule has 0 aliphatic carbocycles. The largest absolute Gasteiger partial charge is 0.491 e. The molecular weight excluding hydrogens is 327 g/mol. The van der Waals surface area contributed by atoms with Gasteiger partial charge in [0.2, 0.25) is 0 Å². The van der Waals surface area contributed by atoms with Crippen LogP contribution < -0.4 is 10.1 Å². The second-order valence-corrected chi connectivity index (χ2v) is 6.40. The zero-order valence-electron chi connectivity index (χ0n) is 13.6. The molecule has 2 aromatic rings. The summed E-state index contributed by atoms with van der Waals surface area (Å²) in [4.78, 5) is 15.2. The van der Waals surface area contributed by atoms with Crippen molar-refractivity contribution in [2.45, 2.75) is 19.5 Å². The lowest BCUT2D eigenvalue weighted by molar-refractivity contribution is 0.190. The number of thiophene rings is 1. The Hall–Kier alpha value is -2.34. The standard InChI is InChI=1S/C18H21FN2O2S/c1-3-10-21(12-17-5-4-11-24-17)18(22)20-14(2)13-23-16-8-6-15(19)7-9-16/h3-9,11,14H,1,10,12-13H2,2H3,(H,20,22). The lowest BCUT2D eigenvalue weighted by Gasteiger charge is -2.23. The van der Waals surface area contributed by atoms with Crippen LogP contribution in [0, 0.1) is 5.82 Å². The fraction of sp³-hybridized carbons (Fsp3) is 0.278. The van der Waals surface area contributed by atoms with Crippen molar-refractivity contribution in [3.63, 3.8) is 0 Å². The van der Waals surface area contributed by atoms with Crippen LogP contribution in [0.4, 0.5) is 9.18 Å². The minimum Gasteiger partial charge on any atom is -0.491 e. The third-order valence-corrected chi connectivity index (χ3v) is 4.11.